The molecule has 0 spiro atoms. The molecule has 3 atom stereocenters. The summed E-state index contributed by atoms with van der Waals surface area (Å²) >= 11 is 0. The van der Waals surface area contributed by atoms with Gasteiger partial charge in [-0.2, -0.15) is 0 Å². The van der Waals surface area contributed by atoms with Gasteiger partial charge in [-0.15, -0.1) is 0 Å². The molecular formula is C31H33FN4O5. The molecule has 1 aromatic carbocycles. The van der Waals surface area contributed by atoms with Gasteiger partial charge in [0.1, 0.15) is 18.1 Å². The number of fused-ring (bicyclic) bond motifs is 4. The van der Waals surface area contributed by atoms with E-state index in [-0.39, 0.29) is 30.4 Å². The fraction of sp³-hybridized carbons (Fsp3) is 0.452. The number of halogens is 1. The summed E-state index contributed by atoms with van der Waals surface area (Å²) in [6, 6.07) is 2.35. The van der Waals surface area contributed by atoms with E-state index in [0.29, 0.717) is 65.8 Å². The molecule has 3 aromatic rings. The van der Waals surface area contributed by atoms with Crippen molar-refractivity contribution in [1.82, 2.24) is 19.8 Å². The molecule has 214 valence electrons. The van der Waals surface area contributed by atoms with E-state index in [1.165, 1.54) is 18.1 Å². The molecule has 0 saturated carbocycles. The van der Waals surface area contributed by atoms with Gasteiger partial charge in [-0.05, 0) is 67.3 Å². The largest absolute Gasteiger partial charge is 0.380 e. The van der Waals surface area contributed by atoms with Gasteiger partial charge in [0.15, 0.2) is 0 Å². The van der Waals surface area contributed by atoms with E-state index in [1.807, 2.05) is 13.0 Å². The lowest BCUT2D eigenvalue weighted by molar-refractivity contribution is -0.131. The number of amides is 2. The lowest BCUT2D eigenvalue weighted by Gasteiger charge is -2.31. The third-order valence-corrected chi connectivity index (χ3v) is 9.11. The summed E-state index contributed by atoms with van der Waals surface area (Å²) in [6.45, 7) is 4.50. The summed E-state index contributed by atoms with van der Waals surface area (Å²) in [5, 5.41) is 4.01. The van der Waals surface area contributed by atoms with Crippen molar-refractivity contribution in [1.29, 1.82) is 0 Å². The Balaban J connectivity index is 1.56. The zero-order valence-corrected chi connectivity index (χ0v) is 23.5. The van der Waals surface area contributed by atoms with Gasteiger partial charge < -0.3 is 24.3 Å². The number of nitrogens with one attached hydrogen (secondary N) is 1. The molecule has 10 heteroatoms. The predicted molar refractivity (Wildman–Crippen MR) is 150 cm³/mol. The Bertz CT molecular complexity index is 1670. The van der Waals surface area contributed by atoms with Crippen molar-refractivity contribution in [3.8, 4) is 11.4 Å². The Kier molecular flexibility index (Phi) is 6.97. The lowest BCUT2D eigenvalue weighted by atomic mass is 9.81. The molecule has 9 nitrogen and oxygen atoms in total. The number of rotatable bonds is 8. The van der Waals surface area contributed by atoms with Gasteiger partial charge >= 0.3 is 0 Å². The van der Waals surface area contributed by atoms with E-state index < -0.39 is 18.0 Å². The van der Waals surface area contributed by atoms with Gasteiger partial charge in [-0.1, -0.05) is 6.92 Å². The highest BCUT2D eigenvalue weighted by Gasteiger charge is 2.37. The standard InChI is InChI=1S/C31H33FN4O5/c1-4-17(13-37)19-10-26-29-20(12-36(26)31(40)21(19)14-41-3)28-23(34-30(39)25-6-5-9-35(25)15-38)8-7-18-16(2)22(32)11-24(33-29)27(18)28/h10-11,13,15,17,23,25H,4-9,12,14H2,1-3H3,(H,34,39). The minimum Gasteiger partial charge on any atom is -0.380 e. The summed E-state index contributed by atoms with van der Waals surface area (Å²) in [5.41, 5.74) is 5.47. The topological polar surface area (TPSA) is 111 Å². The van der Waals surface area contributed by atoms with Crippen molar-refractivity contribution in [2.24, 2.45) is 0 Å². The summed E-state index contributed by atoms with van der Waals surface area (Å²) in [6.07, 6.45) is 4.57. The van der Waals surface area contributed by atoms with E-state index in [2.05, 4.69) is 5.32 Å². The Hall–Kier alpha value is -3.92. The SMILES string of the molecule is CCC(C=O)c1cc2n(c(=O)c1COC)Cc1c-2nc2cc(F)c(C)c3c2c1C(NC(=O)C1CCCN1C=O)CC3. The maximum absolute atomic E-state index is 15.1. The minimum absolute atomic E-state index is 0.0687. The molecule has 1 fully saturated rings. The van der Waals surface area contributed by atoms with E-state index in [4.69, 9.17) is 9.72 Å². The normalized spacial score (nSPS) is 19.7. The number of aryl methyl sites for hydroxylation is 1. The van der Waals surface area contributed by atoms with Gasteiger partial charge in [0.05, 0.1) is 36.1 Å². The number of methoxy groups -OCH3 is 1. The number of nitrogens with zero attached hydrogens (tertiary/aromatic N) is 3. The number of likely N-dealkylation sites (tertiary alicyclic amines) is 1. The molecule has 2 amide bonds. The van der Waals surface area contributed by atoms with Crippen LogP contribution in [0.3, 0.4) is 0 Å². The van der Waals surface area contributed by atoms with E-state index in [0.717, 1.165) is 41.2 Å². The maximum Gasteiger partial charge on any atom is 0.257 e. The number of aldehydes is 1. The third kappa shape index (κ3) is 4.18. The number of ether oxygens (including phenoxy) is 1. The second-order valence-corrected chi connectivity index (χ2v) is 11.2. The molecule has 3 unspecified atom stereocenters. The van der Waals surface area contributed by atoms with Crippen LogP contribution >= 0.6 is 0 Å². The highest BCUT2D eigenvalue weighted by molar-refractivity contribution is 5.94. The van der Waals surface area contributed by atoms with Crippen molar-refractivity contribution in [3.63, 3.8) is 0 Å². The highest BCUT2D eigenvalue weighted by atomic mass is 19.1. The molecule has 0 radical (unpaired) electrons. The summed E-state index contributed by atoms with van der Waals surface area (Å²) in [4.78, 5) is 57.2. The van der Waals surface area contributed by atoms with Gasteiger partial charge in [0.2, 0.25) is 12.3 Å². The van der Waals surface area contributed by atoms with Gasteiger partial charge in [0.25, 0.3) is 5.56 Å². The molecule has 1 aliphatic carbocycles. The van der Waals surface area contributed by atoms with Crippen LogP contribution in [0.15, 0.2) is 16.9 Å². The molecule has 1 saturated heterocycles. The molecule has 2 aliphatic heterocycles. The molecule has 0 bridgehead atoms. The van der Waals surface area contributed by atoms with Crippen LogP contribution in [0.4, 0.5) is 4.39 Å². The second-order valence-electron chi connectivity index (χ2n) is 11.2. The fourth-order valence-electron chi connectivity index (χ4n) is 6.98. The third-order valence-electron chi connectivity index (χ3n) is 9.11. The van der Waals surface area contributed by atoms with Gasteiger partial charge in [-0.25, -0.2) is 9.37 Å². The van der Waals surface area contributed by atoms with E-state index >= 15 is 4.39 Å². The van der Waals surface area contributed by atoms with Gasteiger partial charge in [-0.3, -0.25) is 14.4 Å². The summed E-state index contributed by atoms with van der Waals surface area (Å²) in [7, 11) is 1.51. The zero-order chi connectivity index (χ0) is 29.0. The van der Waals surface area contributed by atoms with E-state index in [9.17, 15) is 19.2 Å². The maximum atomic E-state index is 15.1. The summed E-state index contributed by atoms with van der Waals surface area (Å²) in [5.74, 6) is -1.04. The number of hydrogen-bond acceptors (Lipinski definition) is 6. The van der Waals surface area contributed by atoms with Gasteiger partial charge in [0, 0.05) is 42.2 Å². The van der Waals surface area contributed by atoms with Crippen LogP contribution < -0.4 is 10.9 Å². The average molecular weight is 561 g/mol. The number of carbonyl (C=O) groups excluding carboxylic acids is 3. The van der Waals surface area contributed by atoms with Crippen molar-refractivity contribution >= 4 is 29.5 Å². The molecule has 3 aliphatic rings. The zero-order valence-electron chi connectivity index (χ0n) is 23.5. The number of pyridine rings is 2. The van der Waals surface area contributed by atoms with Crippen LogP contribution in [0.25, 0.3) is 22.3 Å². The van der Waals surface area contributed by atoms with Crippen LogP contribution in [0.5, 0.6) is 0 Å². The monoisotopic (exact) mass is 560 g/mol. The second kappa shape index (κ2) is 10.5. The van der Waals surface area contributed by atoms with Crippen LogP contribution in [-0.2, 0) is 38.7 Å². The molecule has 41 heavy (non-hydrogen) atoms. The minimum atomic E-state index is -0.525. The van der Waals surface area contributed by atoms with Crippen LogP contribution in [0, 0.1) is 12.7 Å². The molecule has 2 aromatic heterocycles. The Morgan fingerprint density at radius 2 is 2.07 bits per heavy atom. The van der Waals surface area contributed by atoms with Crippen molar-refractivity contribution in [2.45, 2.75) is 77.1 Å². The van der Waals surface area contributed by atoms with Crippen LogP contribution in [-0.4, -0.2) is 52.8 Å². The van der Waals surface area contributed by atoms with Crippen molar-refractivity contribution in [3.05, 3.63) is 61.7 Å². The molecule has 6 rings (SSSR count). The predicted octanol–water partition coefficient (Wildman–Crippen LogP) is 3.44. The quantitative estimate of drug-likeness (QED) is 0.331. The number of aromatic nitrogens is 2. The van der Waals surface area contributed by atoms with Crippen LogP contribution in [0.1, 0.15) is 77.9 Å². The first-order valence-corrected chi connectivity index (χ1v) is 14.2. The van der Waals surface area contributed by atoms with E-state index in [1.54, 1.807) is 11.5 Å². The summed E-state index contributed by atoms with van der Waals surface area (Å²) < 4.78 is 22.1. The number of carbonyl (C=O) groups is 3. The smallest absolute Gasteiger partial charge is 0.257 e. The van der Waals surface area contributed by atoms with Crippen molar-refractivity contribution < 1.29 is 23.5 Å². The Labute approximate surface area is 236 Å². The Morgan fingerprint density at radius 1 is 1.27 bits per heavy atom. The molecule has 4 heterocycles. The first-order chi connectivity index (χ1) is 19.8. The molecule has 1 N–H and O–H groups in total. The van der Waals surface area contributed by atoms with Crippen LogP contribution in [0.2, 0.25) is 0 Å². The Morgan fingerprint density at radius 3 is 2.78 bits per heavy atom. The first kappa shape index (κ1) is 27.3. The van der Waals surface area contributed by atoms with Crippen molar-refractivity contribution in [2.75, 3.05) is 13.7 Å². The molecular weight excluding hydrogens is 527 g/mol. The lowest BCUT2D eigenvalue weighted by Crippen LogP contribution is -2.44. The first-order valence-electron chi connectivity index (χ1n) is 14.2. The highest BCUT2D eigenvalue weighted by Crippen LogP contribution is 2.45. The fourth-order valence-corrected chi connectivity index (χ4v) is 6.98. The number of hydrogen-bond donors (Lipinski definition) is 1. The number of benzene rings is 1. The average Bonchev–Trinajstić information content (AvgIpc) is 3.60.